The highest BCUT2D eigenvalue weighted by molar-refractivity contribution is 6.18. The van der Waals surface area contributed by atoms with Crippen LogP contribution in [0.15, 0.2) is 97.1 Å². The van der Waals surface area contributed by atoms with Gasteiger partial charge in [-0.05, 0) is 53.6 Å². The van der Waals surface area contributed by atoms with Gasteiger partial charge in [-0.3, -0.25) is 0 Å². The monoisotopic (exact) mass is 484 g/mol. The van der Waals surface area contributed by atoms with Crippen molar-refractivity contribution in [3.63, 3.8) is 0 Å². The first-order valence-corrected chi connectivity index (χ1v) is 12.0. The maximum atomic E-state index is 9.67. The Bertz CT molecular complexity index is 2010. The molecule has 0 saturated carbocycles. The molecular weight excluding hydrogens is 468 g/mol. The summed E-state index contributed by atoms with van der Waals surface area (Å²) in [6.45, 7) is 7.60. The maximum Gasteiger partial charge on any atom is 0.187 e. The molecule has 0 spiro atoms. The second kappa shape index (κ2) is 8.44. The van der Waals surface area contributed by atoms with Crippen LogP contribution in [0, 0.1) is 17.9 Å². The van der Waals surface area contributed by atoms with Gasteiger partial charge in [-0.25, -0.2) is 24.8 Å². The van der Waals surface area contributed by atoms with Gasteiger partial charge in [0.2, 0.25) is 0 Å². The molecule has 6 heteroatoms. The molecule has 7 rings (SSSR count). The number of para-hydroxylation sites is 4. The van der Waals surface area contributed by atoms with E-state index < -0.39 is 0 Å². The van der Waals surface area contributed by atoms with Crippen LogP contribution in [0.4, 0.5) is 5.69 Å². The van der Waals surface area contributed by atoms with E-state index in [4.69, 9.17) is 26.5 Å². The lowest BCUT2D eigenvalue weighted by molar-refractivity contribution is 1.36. The van der Waals surface area contributed by atoms with Gasteiger partial charge >= 0.3 is 0 Å². The van der Waals surface area contributed by atoms with Crippen molar-refractivity contribution in [2.75, 3.05) is 0 Å². The van der Waals surface area contributed by atoms with E-state index >= 15 is 0 Å². The van der Waals surface area contributed by atoms with Crippen molar-refractivity contribution in [3.05, 3.63) is 114 Å². The molecule has 2 heterocycles. The van der Waals surface area contributed by atoms with E-state index in [1.54, 1.807) is 12.1 Å². The number of hydrogen-bond donors (Lipinski definition) is 0. The van der Waals surface area contributed by atoms with Gasteiger partial charge in [0.25, 0.3) is 0 Å². The van der Waals surface area contributed by atoms with Gasteiger partial charge in [-0.2, -0.15) is 5.26 Å². The Morgan fingerprint density at radius 3 is 1.53 bits per heavy atom. The predicted octanol–water partition coefficient (Wildman–Crippen LogP) is 7.64. The summed E-state index contributed by atoms with van der Waals surface area (Å²) in [4.78, 5) is 23.9. The summed E-state index contributed by atoms with van der Waals surface area (Å²) >= 11 is 0. The summed E-state index contributed by atoms with van der Waals surface area (Å²) in [5.74, 6) is 0. The lowest BCUT2D eigenvalue weighted by atomic mass is 9.90. The zero-order valence-electron chi connectivity index (χ0n) is 19.9. The van der Waals surface area contributed by atoms with Crippen LogP contribution in [0.2, 0.25) is 0 Å². The van der Waals surface area contributed by atoms with Crippen molar-refractivity contribution in [1.82, 2.24) is 19.9 Å². The van der Waals surface area contributed by atoms with Gasteiger partial charge in [0, 0.05) is 11.1 Å². The first-order valence-electron chi connectivity index (χ1n) is 12.0. The quantitative estimate of drug-likeness (QED) is 0.143. The number of fused-ring (bicyclic) bond motifs is 5. The molecule has 6 nitrogen and oxygen atoms in total. The molecular formula is C32H16N6. The number of benzene rings is 5. The number of nitriles is 1. The van der Waals surface area contributed by atoms with Gasteiger partial charge in [0.15, 0.2) is 5.69 Å². The Kier molecular flexibility index (Phi) is 4.79. The van der Waals surface area contributed by atoms with E-state index in [9.17, 15) is 5.26 Å². The standard InChI is InChI=1S/C32H16N6/c1-34-22-11-7-10-21(17-22)28-27(20-9-6-8-19(16-20)18-33)29-31(37-25-14-4-2-12-23(25)35-29)32-30(28)36-24-13-3-5-15-26(24)38-32/h2-17H. The van der Waals surface area contributed by atoms with Crippen LogP contribution < -0.4 is 0 Å². The molecule has 0 radical (unpaired) electrons. The van der Waals surface area contributed by atoms with Gasteiger partial charge in [0.1, 0.15) is 22.1 Å². The Labute approximate surface area is 217 Å². The summed E-state index contributed by atoms with van der Waals surface area (Å²) < 4.78 is 0. The Balaban J connectivity index is 1.78. The summed E-state index contributed by atoms with van der Waals surface area (Å²) in [5, 5.41) is 9.67. The van der Waals surface area contributed by atoms with Crippen LogP contribution in [0.25, 0.3) is 71.2 Å². The molecule has 0 aliphatic carbocycles. The molecule has 38 heavy (non-hydrogen) atoms. The van der Waals surface area contributed by atoms with E-state index in [0.29, 0.717) is 33.3 Å². The molecule has 2 aromatic heterocycles. The topological polar surface area (TPSA) is 79.7 Å². The van der Waals surface area contributed by atoms with Crippen LogP contribution >= 0.6 is 0 Å². The zero-order valence-corrected chi connectivity index (χ0v) is 19.9. The minimum absolute atomic E-state index is 0.519. The second-order valence-corrected chi connectivity index (χ2v) is 8.92. The second-order valence-electron chi connectivity index (χ2n) is 8.92. The Hall–Kier alpha value is -5.72. The first-order chi connectivity index (χ1) is 18.7. The zero-order chi connectivity index (χ0) is 25.6. The third kappa shape index (κ3) is 3.33. The third-order valence-corrected chi connectivity index (χ3v) is 6.63. The SMILES string of the molecule is [C-]#[N+]c1cccc(-c2c(-c3cccc(C#N)c3)c3nc4ccccc4nc3c3nc4ccccc4nc23)c1. The Morgan fingerprint density at radius 2 is 1.03 bits per heavy atom. The summed E-state index contributed by atoms with van der Waals surface area (Å²) in [6, 6.07) is 32.7. The summed E-state index contributed by atoms with van der Waals surface area (Å²) in [7, 11) is 0. The van der Waals surface area contributed by atoms with Gasteiger partial charge < -0.3 is 0 Å². The summed E-state index contributed by atoms with van der Waals surface area (Å²) in [6.07, 6.45) is 0. The maximum absolute atomic E-state index is 9.67. The number of aromatic nitrogens is 4. The molecule has 0 aliphatic rings. The molecule has 174 valence electrons. The molecule has 0 fully saturated rings. The molecule has 0 N–H and O–H groups in total. The van der Waals surface area contributed by atoms with E-state index in [1.165, 1.54) is 0 Å². The smallest absolute Gasteiger partial charge is 0.187 e. The van der Waals surface area contributed by atoms with Crippen LogP contribution in [-0.4, -0.2) is 19.9 Å². The van der Waals surface area contributed by atoms with Gasteiger partial charge in [-0.15, -0.1) is 0 Å². The van der Waals surface area contributed by atoms with E-state index in [-0.39, 0.29) is 0 Å². The van der Waals surface area contributed by atoms with Crippen molar-refractivity contribution in [2.24, 2.45) is 0 Å². The van der Waals surface area contributed by atoms with Crippen molar-refractivity contribution >= 4 is 49.8 Å². The van der Waals surface area contributed by atoms with Crippen LogP contribution in [0.1, 0.15) is 5.56 Å². The minimum Gasteiger partial charge on any atom is -0.244 e. The van der Waals surface area contributed by atoms with Crippen molar-refractivity contribution in [1.29, 1.82) is 5.26 Å². The average Bonchev–Trinajstić information content (AvgIpc) is 2.98. The highest BCUT2D eigenvalue weighted by Gasteiger charge is 2.23. The molecule has 0 atom stereocenters. The number of nitrogens with zero attached hydrogens (tertiary/aromatic N) is 6. The fourth-order valence-electron chi connectivity index (χ4n) is 4.95. The van der Waals surface area contributed by atoms with E-state index in [0.717, 1.165) is 44.3 Å². The van der Waals surface area contributed by atoms with Crippen molar-refractivity contribution in [2.45, 2.75) is 0 Å². The van der Waals surface area contributed by atoms with E-state index in [1.807, 2.05) is 84.9 Å². The lowest BCUT2D eigenvalue weighted by Gasteiger charge is -2.17. The molecule has 0 amide bonds. The molecule has 5 aromatic carbocycles. The van der Waals surface area contributed by atoms with Crippen LogP contribution in [-0.2, 0) is 0 Å². The fraction of sp³-hybridized carbons (Fsp3) is 0. The lowest BCUT2D eigenvalue weighted by Crippen LogP contribution is -2.00. The highest BCUT2D eigenvalue weighted by Crippen LogP contribution is 2.44. The molecule has 0 bridgehead atoms. The van der Waals surface area contributed by atoms with Crippen molar-refractivity contribution in [3.8, 4) is 28.3 Å². The molecule has 7 aromatic rings. The normalized spacial score (nSPS) is 11.1. The summed E-state index contributed by atoms with van der Waals surface area (Å²) in [5.41, 5.74) is 9.94. The third-order valence-electron chi connectivity index (χ3n) is 6.63. The molecule has 0 saturated heterocycles. The van der Waals surface area contributed by atoms with E-state index in [2.05, 4.69) is 10.9 Å². The predicted molar refractivity (Wildman–Crippen MR) is 149 cm³/mol. The average molecular weight is 485 g/mol. The Morgan fingerprint density at radius 1 is 0.553 bits per heavy atom. The minimum atomic E-state index is 0.519. The first kappa shape index (κ1) is 21.6. The van der Waals surface area contributed by atoms with Crippen LogP contribution in [0.3, 0.4) is 0 Å². The number of rotatable bonds is 2. The number of hydrogen-bond acceptors (Lipinski definition) is 5. The highest BCUT2D eigenvalue weighted by atomic mass is 14.9. The fourth-order valence-corrected chi connectivity index (χ4v) is 4.95. The molecule has 0 aliphatic heterocycles. The van der Waals surface area contributed by atoms with Gasteiger partial charge in [-0.1, -0.05) is 54.6 Å². The molecule has 0 unspecified atom stereocenters. The largest absolute Gasteiger partial charge is 0.244 e. The van der Waals surface area contributed by atoms with Crippen molar-refractivity contribution < 1.29 is 0 Å². The van der Waals surface area contributed by atoms with Crippen LogP contribution in [0.5, 0.6) is 0 Å². The van der Waals surface area contributed by atoms with Gasteiger partial charge in [0.05, 0.1) is 40.3 Å².